The van der Waals surface area contributed by atoms with Crippen LogP contribution in [0.3, 0.4) is 0 Å². The van der Waals surface area contributed by atoms with Gasteiger partial charge in [0, 0.05) is 19.1 Å². The van der Waals surface area contributed by atoms with E-state index in [0.29, 0.717) is 37.4 Å². The molecular weight excluding hydrogens is 404 g/mol. The number of nitrogens with zero attached hydrogens (tertiary/aromatic N) is 1. The van der Waals surface area contributed by atoms with Gasteiger partial charge in [0.05, 0.1) is 12.0 Å². The van der Waals surface area contributed by atoms with Crippen molar-refractivity contribution in [3.8, 4) is 11.5 Å². The Morgan fingerprint density at radius 1 is 1.10 bits per heavy atom. The van der Waals surface area contributed by atoms with E-state index in [9.17, 15) is 13.2 Å². The second kappa shape index (κ2) is 9.49. The maximum atomic E-state index is 12.6. The first-order chi connectivity index (χ1) is 14.3. The number of carbonyl (C=O) groups is 1. The molecule has 0 saturated carbocycles. The second-order valence-electron chi connectivity index (χ2n) is 7.44. The lowest BCUT2D eigenvalue weighted by Crippen LogP contribution is -2.47. The number of amides is 1. The number of rotatable bonds is 7. The highest BCUT2D eigenvalue weighted by atomic mass is 32.2. The van der Waals surface area contributed by atoms with Gasteiger partial charge in [-0.2, -0.15) is 0 Å². The van der Waals surface area contributed by atoms with Crippen molar-refractivity contribution in [1.29, 1.82) is 0 Å². The normalized spacial score (nSPS) is 15.1. The van der Waals surface area contributed by atoms with Gasteiger partial charge in [-0.1, -0.05) is 12.1 Å². The van der Waals surface area contributed by atoms with Crippen LogP contribution in [-0.4, -0.2) is 52.1 Å². The lowest BCUT2D eigenvalue weighted by molar-refractivity contribution is -0.134. The zero-order valence-corrected chi connectivity index (χ0v) is 18.4. The van der Waals surface area contributed by atoms with Crippen LogP contribution in [0.4, 0.5) is 0 Å². The summed E-state index contributed by atoms with van der Waals surface area (Å²) in [7, 11) is -2.08. The van der Waals surface area contributed by atoms with Crippen LogP contribution >= 0.6 is 0 Å². The molecule has 1 saturated heterocycles. The number of nitrogens with one attached hydrogen (secondary N) is 1. The molecule has 0 aliphatic carbocycles. The highest BCUT2D eigenvalue weighted by molar-refractivity contribution is 7.89. The molecule has 1 aliphatic heterocycles. The Morgan fingerprint density at radius 2 is 1.77 bits per heavy atom. The predicted octanol–water partition coefficient (Wildman–Crippen LogP) is 2.66. The maximum Gasteiger partial charge on any atom is 0.260 e. The van der Waals surface area contributed by atoms with Crippen LogP contribution in [0, 0.1) is 13.8 Å². The average Bonchev–Trinajstić information content (AvgIpc) is 2.75. The number of sulfonamides is 1. The Balaban J connectivity index is 1.50. The Morgan fingerprint density at radius 3 is 2.40 bits per heavy atom. The fourth-order valence-corrected chi connectivity index (χ4v) is 4.71. The summed E-state index contributed by atoms with van der Waals surface area (Å²) in [5.74, 6) is 1.22. The standard InChI is InChI=1S/C22H28N2O5S/c1-16-5-4-6-21(17(16)2)29-15-22(25)24-13-11-18(12-14-24)23-30(26,27)20-9-7-19(28-3)8-10-20/h4-10,18,23H,11-15H2,1-3H3. The first-order valence-electron chi connectivity index (χ1n) is 9.93. The first kappa shape index (κ1) is 22.1. The van der Waals surface area contributed by atoms with Crippen molar-refractivity contribution >= 4 is 15.9 Å². The van der Waals surface area contributed by atoms with Crippen molar-refractivity contribution in [3.05, 3.63) is 53.6 Å². The second-order valence-corrected chi connectivity index (χ2v) is 9.15. The molecule has 30 heavy (non-hydrogen) atoms. The van der Waals surface area contributed by atoms with Crippen LogP contribution in [0.5, 0.6) is 11.5 Å². The zero-order chi connectivity index (χ0) is 21.7. The molecular formula is C22H28N2O5S. The molecule has 7 nitrogen and oxygen atoms in total. The van der Waals surface area contributed by atoms with E-state index in [1.807, 2.05) is 32.0 Å². The third-order valence-corrected chi connectivity index (χ3v) is 6.98. The molecule has 3 rings (SSSR count). The minimum absolute atomic E-state index is 0.0213. The molecule has 0 unspecified atom stereocenters. The van der Waals surface area contributed by atoms with Gasteiger partial charge in [-0.25, -0.2) is 13.1 Å². The van der Waals surface area contributed by atoms with Crippen LogP contribution in [0.25, 0.3) is 0 Å². The van der Waals surface area contributed by atoms with Gasteiger partial charge in [0.25, 0.3) is 5.91 Å². The first-order valence-corrected chi connectivity index (χ1v) is 11.4. The van der Waals surface area contributed by atoms with Gasteiger partial charge in [-0.3, -0.25) is 4.79 Å². The molecule has 2 aromatic rings. The fraction of sp³-hybridized carbons (Fsp3) is 0.409. The van der Waals surface area contributed by atoms with E-state index < -0.39 is 10.0 Å². The van der Waals surface area contributed by atoms with Gasteiger partial charge in [-0.05, 0) is 68.1 Å². The van der Waals surface area contributed by atoms with Gasteiger partial charge in [0.1, 0.15) is 11.5 Å². The zero-order valence-electron chi connectivity index (χ0n) is 17.6. The third kappa shape index (κ3) is 5.31. The lowest BCUT2D eigenvalue weighted by atomic mass is 10.1. The molecule has 8 heteroatoms. The van der Waals surface area contributed by atoms with Crippen molar-refractivity contribution in [2.45, 2.75) is 37.6 Å². The molecule has 1 aliphatic rings. The Hall–Kier alpha value is -2.58. The summed E-state index contributed by atoms with van der Waals surface area (Å²) < 4.78 is 38.7. The number of piperidine rings is 1. The molecule has 0 aromatic heterocycles. The van der Waals surface area contributed by atoms with Gasteiger partial charge in [-0.15, -0.1) is 0 Å². The molecule has 2 aromatic carbocycles. The molecule has 0 spiro atoms. The van der Waals surface area contributed by atoms with Gasteiger partial charge in [0.15, 0.2) is 6.61 Å². The molecule has 1 heterocycles. The van der Waals surface area contributed by atoms with Crippen molar-refractivity contribution < 1.29 is 22.7 Å². The molecule has 0 atom stereocenters. The molecule has 1 N–H and O–H groups in total. The summed E-state index contributed by atoms with van der Waals surface area (Å²) in [5, 5.41) is 0. The Kier molecular flexibility index (Phi) is 6.99. The van der Waals surface area contributed by atoms with E-state index in [1.165, 1.54) is 19.2 Å². The summed E-state index contributed by atoms with van der Waals surface area (Å²) in [5.41, 5.74) is 2.14. The molecule has 162 valence electrons. The number of methoxy groups -OCH3 is 1. The molecule has 1 amide bonds. The molecule has 0 radical (unpaired) electrons. The third-order valence-electron chi connectivity index (χ3n) is 5.45. The van der Waals surface area contributed by atoms with Crippen LogP contribution in [-0.2, 0) is 14.8 Å². The lowest BCUT2D eigenvalue weighted by Gasteiger charge is -2.32. The van der Waals surface area contributed by atoms with Gasteiger partial charge < -0.3 is 14.4 Å². The SMILES string of the molecule is COc1ccc(S(=O)(=O)NC2CCN(C(=O)COc3cccc(C)c3C)CC2)cc1. The number of ether oxygens (including phenoxy) is 2. The number of hydrogen-bond acceptors (Lipinski definition) is 5. The van der Waals surface area contributed by atoms with Crippen LogP contribution in [0.2, 0.25) is 0 Å². The molecule has 0 bridgehead atoms. The van der Waals surface area contributed by atoms with Gasteiger partial charge in [0.2, 0.25) is 10.0 Å². The molecule has 1 fully saturated rings. The number of carbonyl (C=O) groups excluding carboxylic acids is 1. The average molecular weight is 433 g/mol. The van der Waals surface area contributed by atoms with Crippen LogP contribution < -0.4 is 14.2 Å². The van der Waals surface area contributed by atoms with Gasteiger partial charge >= 0.3 is 0 Å². The monoisotopic (exact) mass is 432 g/mol. The number of benzene rings is 2. The van der Waals surface area contributed by atoms with E-state index in [2.05, 4.69) is 4.72 Å². The topological polar surface area (TPSA) is 84.9 Å². The largest absolute Gasteiger partial charge is 0.497 e. The minimum Gasteiger partial charge on any atom is -0.497 e. The Bertz CT molecular complexity index is 981. The van der Waals surface area contributed by atoms with E-state index in [4.69, 9.17) is 9.47 Å². The highest BCUT2D eigenvalue weighted by Gasteiger charge is 2.27. The quantitative estimate of drug-likeness (QED) is 0.727. The smallest absolute Gasteiger partial charge is 0.260 e. The summed E-state index contributed by atoms with van der Waals surface area (Å²) in [4.78, 5) is 14.4. The van der Waals surface area contributed by atoms with Crippen LogP contribution in [0.1, 0.15) is 24.0 Å². The Labute approximate surface area is 178 Å². The number of likely N-dealkylation sites (tertiary alicyclic amines) is 1. The van der Waals surface area contributed by atoms with E-state index >= 15 is 0 Å². The van der Waals surface area contributed by atoms with Crippen molar-refractivity contribution in [2.24, 2.45) is 0 Å². The minimum atomic E-state index is -3.61. The summed E-state index contributed by atoms with van der Waals surface area (Å²) in [6.07, 6.45) is 1.12. The fourth-order valence-electron chi connectivity index (χ4n) is 3.40. The van der Waals surface area contributed by atoms with Crippen LogP contribution in [0.15, 0.2) is 47.4 Å². The predicted molar refractivity (Wildman–Crippen MR) is 114 cm³/mol. The summed E-state index contributed by atoms with van der Waals surface area (Å²) in [6.45, 7) is 4.93. The van der Waals surface area contributed by atoms with E-state index in [1.54, 1.807) is 17.0 Å². The summed E-state index contributed by atoms with van der Waals surface area (Å²) in [6, 6.07) is 11.8. The highest BCUT2D eigenvalue weighted by Crippen LogP contribution is 2.21. The number of aryl methyl sites for hydroxylation is 1. The van der Waals surface area contributed by atoms with Crippen molar-refractivity contribution in [2.75, 3.05) is 26.8 Å². The van der Waals surface area contributed by atoms with E-state index in [0.717, 1.165) is 11.1 Å². The van der Waals surface area contributed by atoms with Crippen molar-refractivity contribution in [3.63, 3.8) is 0 Å². The van der Waals surface area contributed by atoms with E-state index in [-0.39, 0.29) is 23.5 Å². The summed E-state index contributed by atoms with van der Waals surface area (Å²) >= 11 is 0. The maximum absolute atomic E-state index is 12.6. The number of hydrogen-bond donors (Lipinski definition) is 1. The van der Waals surface area contributed by atoms with Crippen molar-refractivity contribution in [1.82, 2.24) is 9.62 Å².